The van der Waals surface area contributed by atoms with Gasteiger partial charge in [0.15, 0.2) is 11.5 Å². The quantitative estimate of drug-likeness (QED) is 0.727. The number of hydrogen-bond donors (Lipinski definition) is 1. The highest BCUT2D eigenvalue weighted by atomic mass is 16.5. The van der Waals surface area contributed by atoms with E-state index in [1.165, 1.54) is 17.5 Å². The van der Waals surface area contributed by atoms with Gasteiger partial charge in [0.2, 0.25) is 5.91 Å². The Kier molecular flexibility index (Phi) is 6.71. The van der Waals surface area contributed by atoms with Crippen LogP contribution in [-0.4, -0.2) is 44.7 Å². The molecule has 5 heteroatoms. The number of nitrogens with zero attached hydrogens (tertiary/aromatic N) is 1. The summed E-state index contributed by atoms with van der Waals surface area (Å²) in [5.74, 6) is 1.40. The predicted molar refractivity (Wildman–Crippen MR) is 106 cm³/mol. The van der Waals surface area contributed by atoms with E-state index in [0.29, 0.717) is 37.2 Å². The number of hydrogen-bond acceptors (Lipinski definition) is 4. The van der Waals surface area contributed by atoms with Gasteiger partial charge in [-0.15, -0.1) is 0 Å². The monoisotopic (exact) mass is 368 g/mol. The van der Waals surface area contributed by atoms with Crippen LogP contribution in [0.25, 0.3) is 0 Å². The second kappa shape index (κ2) is 9.42. The van der Waals surface area contributed by atoms with Gasteiger partial charge in [-0.1, -0.05) is 36.4 Å². The number of benzene rings is 2. The molecule has 0 spiro atoms. The van der Waals surface area contributed by atoms with Crippen molar-refractivity contribution in [1.82, 2.24) is 10.2 Å². The zero-order chi connectivity index (χ0) is 19.1. The van der Waals surface area contributed by atoms with E-state index in [1.807, 2.05) is 31.3 Å². The van der Waals surface area contributed by atoms with E-state index in [0.717, 1.165) is 12.8 Å². The van der Waals surface area contributed by atoms with Crippen LogP contribution in [0.5, 0.6) is 11.5 Å². The number of fused-ring (bicyclic) bond motifs is 1. The second-order valence-electron chi connectivity index (χ2n) is 6.87. The van der Waals surface area contributed by atoms with E-state index >= 15 is 0 Å². The molecule has 1 aliphatic carbocycles. The molecule has 1 amide bonds. The van der Waals surface area contributed by atoms with Crippen molar-refractivity contribution >= 4 is 5.91 Å². The number of aryl methyl sites for hydroxylation is 1. The summed E-state index contributed by atoms with van der Waals surface area (Å²) >= 11 is 0. The smallest absolute Gasteiger partial charge is 0.234 e. The molecule has 3 rings (SSSR count). The molecule has 144 valence electrons. The lowest BCUT2D eigenvalue weighted by Gasteiger charge is -2.32. The van der Waals surface area contributed by atoms with Crippen molar-refractivity contribution in [2.75, 3.05) is 33.9 Å². The number of likely N-dealkylation sites (N-methyl/N-ethyl adjacent to an activating group) is 1. The molecule has 1 atom stereocenters. The van der Waals surface area contributed by atoms with Crippen molar-refractivity contribution in [3.8, 4) is 11.5 Å². The summed E-state index contributed by atoms with van der Waals surface area (Å²) < 4.78 is 10.9. The molecule has 0 unspecified atom stereocenters. The summed E-state index contributed by atoms with van der Waals surface area (Å²) in [5.41, 5.74) is 2.77. The molecule has 0 heterocycles. The maximum Gasteiger partial charge on any atom is 0.234 e. The van der Waals surface area contributed by atoms with Crippen LogP contribution in [0, 0.1) is 0 Å². The van der Waals surface area contributed by atoms with Crippen LogP contribution in [0.15, 0.2) is 48.5 Å². The number of ether oxygens (including phenoxy) is 2. The molecule has 2 aromatic carbocycles. The minimum Gasteiger partial charge on any atom is -0.493 e. The Labute approximate surface area is 161 Å². The summed E-state index contributed by atoms with van der Waals surface area (Å²) in [6.45, 7) is 1.25. The molecular formula is C22H28N2O3. The van der Waals surface area contributed by atoms with Crippen LogP contribution in [0.2, 0.25) is 0 Å². The van der Waals surface area contributed by atoms with Crippen LogP contribution in [0.3, 0.4) is 0 Å². The number of para-hydroxylation sites is 2. The first-order valence-electron chi connectivity index (χ1n) is 9.49. The van der Waals surface area contributed by atoms with Crippen LogP contribution >= 0.6 is 0 Å². The Bertz CT molecular complexity index is 763. The number of amides is 1. The van der Waals surface area contributed by atoms with Crippen LogP contribution in [-0.2, 0) is 11.2 Å². The standard InChI is InChI=1S/C22H28N2O3/c1-24(19-11-7-9-17-8-3-4-10-18(17)19)16-22(25)23-14-15-27-21-13-6-5-12-20(21)26-2/h3-6,8,10,12-13,19H,7,9,11,14-16H2,1-2H3,(H,23,25)/t19-/m0/s1. The lowest BCUT2D eigenvalue weighted by Crippen LogP contribution is -2.39. The van der Waals surface area contributed by atoms with Crippen molar-refractivity contribution in [2.24, 2.45) is 0 Å². The van der Waals surface area contributed by atoms with Crippen molar-refractivity contribution in [2.45, 2.75) is 25.3 Å². The van der Waals surface area contributed by atoms with E-state index in [4.69, 9.17) is 9.47 Å². The van der Waals surface area contributed by atoms with Gasteiger partial charge in [0.1, 0.15) is 6.61 Å². The topological polar surface area (TPSA) is 50.8 Å². The van der Waals surface area contributed by atoms with Gasteiger partial charge >= 0.3 is 0 Å². The van der Waals surface area contributed by atoms with Gasteiger partial charge in [-0.2, -0.15) is 0 Å². The summed E-state index contributed by atoms with van der Waals surface area (Å²) in [5, 5.41) is 2.94. The van der Waals surface area contributed by atoms with Gasteiger partial charge in [-0.05, 0) is 49.6 Å². The SMILES string of the molecule is COc1ccccc1OCCNC(=O)CN(C)[C@H]1CCCc2ccccc21. The first-order chi connectivity index (χ1) is 13.2. The van der Waals surface area contributed by atoms with Crippen molar-refractivity contribution < 1.29 is 14.3 Å². The molecule has 27 heavy (non-hydrogen) atoms. The molecule has 0 saturated heterocycles. The fourth-order valence-corrected chi connectivity index (χ4v) is 3.67. The molecule has 0 bridgehead atoms. The highest BCUT2D eigenvalue weighted by Crippen LogP contribution is 2.33. The van der Waals surface area contributed by atoms with E-state index in [2.05, 4.69) is 34.5 Å². The summed E-state index contributed by atoms with van der Waals surface area (Å²) in [6, 6.07) is 16.4. The zero-order valence-electron chi connectivity index (χ0n) is 16.1. The Morgan fingerprint density at radius 2 is 1.89 bits per heavy atom. The van der Waals surface area contributed by atoms with Gasteiger partial charge in [-0.25, -0.2) is 0 Å². The minimum atomic E-state index is 0.0178. The summed E-state index contributed by atoms with van der Waals surface area (Å²) in [7, 11) is 3.64. The molecule has 2 aromatic rings. The number of carbonyl (C=O) groups is 1. The lowest BCUT2D eigenvalue weighted by molar-refractivity contribution is -0.122. The number of carbonyl (C=O) groups excluding carboxylic acids is 1. The van der Waals surface area contributed by atoms with Gasteiger partial charge in [-0.3, -0.25) is 9.69 Å². The molecule has 0 fully saturated rings. The first kappa shape index (κ1) is 19.2. The van der Waals surface area contributed by atoms with Gasteiger partial charge in [0, 0.05) is 6.04 Å². The molecule has 0 saturated carbocycles. The van der Waals surface area contributed by atoms with Crippen molar-refractivity contribution in [1.29, 1.82) is 0 Å². The second-order valence-corrected chi connectivity index (χ2v) is 6.87. The molecule has 1 aliphatic rings. The van der Waals surface area contributed by atoms with Crippen LogP contribution in [0.1, 0.15) is 30.0 Å². The third kappa shape index (κ3) is 5.01. The minimum absolute atomic E-state index is 0.0178. The largest absolute Gasteiger partial charge is 0.493 e. The number of nitrogens with one attached hydrogen (secondary N) is 1. The lowest BCUT2D eigenvalue weighted by atomic mass is 9.87. The van der Waals surface area contributed by atoms with Crippen LogP contribution < -0.4 is 14.8 Å². The van der Waals surface area contributed by atoms with E-state index in [1.54, 1.807) is 7.11 Å². The molecular weight excluding hydrogens is 340 g/mol. The van der Waals surface area contributed by atoms with Crippen LogP contribution in [0.4, 0.5) is 0 Å². The average Bonchev–Trinajstić information content (AvgIpc) is 2.71. The van der Waals surface area contributed by atoms with Crippen molar-refractivity contribution in [3.63, 3.8) is 0 Å². The molecule has 0 radical (unpaired) electrons. The Hall–Kier alpha value is -2.53. The van der Waals surface area contributed by atoms with Gasteiger partial charge < -0.3 is 14.8 Å². The molecule has 1 N–H and O–H groups in total. The Balaban J connectivity index is 1.44. The maximum absolute atomic E-state index is 12.3. The third-order valence-electron chi connectivity index (χ3n) is 5.01. The molecule has 0 aromatic heterocycles. The fourth-order valence-electron chi connectivity index (χ4n) is 3.67. The number of rotatable bonds is 8. The third-order valence-corrected chi connectivity index (χ3v) is 5.01. The van der Waals surface area contributed by atoms with Gasteiger partial charge in [0.05, 0.1) is 20.2 Å². The highest BCUT2D eigenvalue weighted by Gasteiger charge is 2.24. The summed E-state index contributed by atoms with van der Waals surface area (Å²) in [4.78, 5) is 14.5. The van der Waals surface area contributed by atoms with Crippen molar-refractivity contribution in [3.05, 3.63) is 59.7 Å². The first-order valence-corrected chi connectivity index (χ1v) is 9.49. The Morgan fingerprint density at radius 3 is 2.70 bits per heavy atom. The maximum atomic E-state index is 12.3. The highest BCUT2D eigenvalue weighted by molar-refractivity contribution is 5.78. The molecule has 0 aliphatic heterocycles. The van der Waals surface area contributed by atoms with E-state index in [-0.39, 0.29) is 5.91 Å². The Morgan fingerprint density at radius 1 is 1.15 bits per heavy atom. The zero-order valence-corrected chi connectivity index (χ0v) is 16.1. The van der Waals surface area contributed by atoms with E-state index in [9.17, 15) is 4.79 Å². The number of methoxy groups -OCH3 is 1. The van der Waals surface area contributed by atoms with Gasteiger partial charge in [0.25, 0.3) is 0 Å². The molecule has 5 nitrogen and oxygen atoms in total. The fraction of sp³-hybridized carbons (Fsp3) is 0.409. The summed E-state index contributed by atoms with van der Waals surface area (Å²) in [6.07, 6.45) is 3.39. The average molecular weight is 368 g/mol. The predicted octanol–water partition coefficient (Wildman–Crippen LogP) is 3.20. The van der Waals surface area contributed by atoms with E-state index < -0.39 is 0 Å². The normalized spacial score (nSPS) is 15.9.